The molecule has 1 aliphatic rings. The Morgan fingerprint density at radius 2 is 2.25 bits per heavy atom. The molecule has 1 aromatic heterocycles. The van der Waals surface area contributed by atoms with Crippen LogP contribution in [0, 0.1) is 5.82 Å². The number of likely N-dealkylation sites (tertiary alicyclic amines) is 1. The SMILES string of the molecule is CN1C[C@H](NC(=O)Nc2cc(F)ccc2-n2cccn2)CCC1=O. The van der Waals surface area contributed by atoms with Crippen LogP contribution in [-0.4, -0.2) is 46.3 Å². The number of urea groups is 1. The number of amides is 3. The van der Waals surface area contributed by atoms with Crippen molar-refractivity contribution in [2.24, 2.45) is 0 Å². The molecule has 126 valence electrons. The number of benzene rings is 1. The second-order valence-corrected chi connectivity index (χ2v) is 5.72. The number of rotatable bonds is 3. The average Bonchev–Trinajstić information content (AvgIpc) is 3.05. The summed E-state index contributed by atoms with van der Waals surface area (Å²) in [5.74, 6) is -0.385. The maximum absolute atomic E-state index is 13.5. The number of carbonyl (C=O) groups excluding carboxylic acids is 2. The van der Waals surface area contributed by atoms with E-state index in [1.807, 2.05) is 0 Å². The minimum Gasteiger partial charge on any atom is -0.344 e. The summed E-state index contributed by atoms with van der Waals surface area (Å²) in [6.45, 7) is 0.460. The number of nitrogens with zero attached hydrogens (tertiary/aromatic N) is 3. The van der Waals surface area contributed by atoms with E-state index in [0.717, 1.165) is 0 Å². The first-order valence-electron chi connectivity index (χ1n) is 7.64. The Kier molecular flexibility index (Phi) is 4.45. The van der Waals surface area contributed by atoms with Crippen LogP contribution in [-0.2, 0) is 4.79 Å². The molecule has 0 unspecified atom stereocenters. The Bertz CT molecular complexity index is 747. The largest absolute Gasteiger partial charge is 0.344 e. The number of anilines is 1. The fourth-order valence-electron chi connectivity index (χ4n) is 2.69. The Hall–Kier alpha value is -2.90. The number of halogens is 1. The molecule has 3 amide bonds. The minimum absolute atomic E-state index is 0.0690. The molecule has 1 aliphatic heterocycles. The van der Waals surface area contributed by atoms with Crippen LogP contribution < -0.4 is 10.6 Å². The van der Waals surface area contributed by atoms with Crippen LogP contribution >= 0.6 is 0 Å². The lowest BCUT2D eigenvalue weighted by atomic mass is 10.1. The van der Waals surface area contributed by atoms with Gasteiger partial charge in [0.25, 0.3) is 0 Å². The first-order chi connectivity index (χ1) is 11.5. The van der Waals surface area contributed by atoms with Crippen molar-refractivity contribution in [2.75, 3.05) is 18.9 Å². The van der Waals surface area contributed by atoms with E-state index in [1.165, 1.54) is 12.1 Å². The zero-order valence-electron chi connectivity index (χ0n) is 13.2. The van der Waals surface area contributed by atoms with Crippen LogP contribution in [0.2, 0.25) is 0 Å². The molecule has 2 aromatic rings. The molecule has 24 heavy (non-hydrogen) atoms. The van der Waals surface area contributed by atoms with Gasteiger partial charge in [0.05, 0.1) is 11.4 Å². The third kappa shape index (κ3) is 3.53. The van der Waals surface area contributed by atoms with Gasteiger partial charge in [-0.2, -0.15) is 5.10 Å². The van der Waals surface area contributed by atoms with Crippen molar-refractivity contribution in [1.82, 2.24) is 20.0 Å². The van der Waals surface area contributed by atoms with Crippen LogP contribution in [0.1, 0.15) is 12.8 Å². The van der Waals surface area contributed by atoms with Gasteiger partial charge in [-0.15, -0.1) is 0 Å². The average molecular weight is 331 g/mol. The summed E-state index contributed by atoms with van der Waals surface area (Å²) in [5, 5.41) is 9.57. The third-order valence-electron chi connectivity index (χ3n) is 3.92. The van der Waals surface area contributed by atoms with Crippen molar-refractivity contribution in [2.45, 2.75) is 18.9 Å². The van der Waals surface area contributed by atoms with Crippen molar-refractivity contribution >= 4 is 17.6 Å². The maximum atomic E-state index is 13.5. The molecule has 0 spiro atoms. The van der Waals surface area contributed by atoms with E-state index in [1.54, 1.807) is 41.2 Å². The van der Waals surface area contributed by atoms with Crippen molar-refractivity contribution < 1.29 is 14.0 Å². The molecule has 0 saturated carbocycles. The number of hydrogen-bond acceptors (Lipinski definition) is 3. The second kappa shape index (κ2) is 6.69. The lowest BCUT2D eigenvalue weighted by Crippen LogP contribution is -2.49. The molecule has 8 heteroatoms. The molecular weight excluding hydrogens is 313 g/mol. The predicted molar refractivity (Wildman–Crippen MR) is 86.3 cm³/mol. The number of carbonyl (C=O) groups is 2. The molecule has 1 aromatic carbocycles. The highest BCUT2D eigenvalue weighted by Gasteiger charge is 2.24. The number of nitrogens with one attached hydrogen (secondary N) is 2. The summed E-state index contributed by atoms with van der Waals surface area (Å²) in [6.07, 6.45) is 4.30. The lowest BCUT2D eigenvalue weighted by Gasteiger charge is -2.30. The second-order valence-electron chi connectivity index (χ2n) is 5.72. The van der Waals surface area contributed by atoms with E-state index in [0.29, 0.717) is 30.8 Å². The van der Waals surface area contributed by atoms with Crippen molar-refractivity contribution in [3.05, 3.63) is 42.5 Å². The van der Waals surface area contributed by atoms with Gasteiger partial charge in [0.1, 0.15) is 5.82 Å². The normalized spacial score (nSPS) is 17.7. The van der Waals surface area contributed by atoms with Gasteiger partial charge in [0.2, 0.25) is 5.91 Å². The molecular formula is C16H18FN5O2. The van der Waals surface area contributed by atoms with Crippen LogP contribution in [0.4, 0.5) is 14.9 Å². The van der Waals surface area contributed by atoms with Gasteiger partial charge in [-0.1, -0.05) is 0 Å². The minimum atomic E-state index is -0.454. The van der Waals surface area contributed by atoms with Crippen molar-refractivity contribution in [3.8, 4) is 5.69 Å². The molecule has 1 atom stereocenters. The van der Waals surface area contributed by atoms with Crippen molar-refractivity contribution in [3.63, 3.8) is 0 Å². The van der Waals surface area contributed by atoms with Crippen molar-refractivity contribution in [1.29, 1.82) is 0 Å². The molecule has 3 rings (SSSR count). The molecule has 0 bridgehead atoms. The fourth-order valence-corrected chi connectivity index (χ4v) is 2.69. The number of aromatic nitrogens is 2. The Labute approximate surface area is 138 Å². The van der Waals surface area contributed by atoms with E-state index < -0.39 is 11.8 Å². The molecule has 0 radical (unpaired) electrons. The van der Waals surface area contributed by atoms with Gasteiger partial charge < -0.3 is 15.5 Å². The Morgan fingerprint density at radius 1 is 1.42 bits per heavy atom. The van der Waals surface area contributed by atoms with Gasteiger partial charge in [-0.3, -0.25) is 4.79 Å². The van der Waals surface area contributed by atoms with E-state index in [2.05, 4.69) is 15.7 Å². The highest BCUT2D eigenvalue weighted by molar-refractivity contribution is 5.92. The summed E-state index contributed by atoms with van der Waals surface area (Å²) >= 11 is 0. The fraction of sp³-hybridized carbons (Fsp3) is 0.312. The molecule has 1 fully saturated rings. The number of hydrogen-bond donors (Lipinski definition) is 2. The topological polar surface area (TPSA) is 79.3 Å². The van der Waals surface area contributed by atoms with Gasteiger partial charge in [0.15, 0.2) is 0 Å². The standard InChI is InChI=1S/C16H18FN5O2/c1-21-10-12(4-6-15(21)23)19-16(24)20-13-9-11(17)3-5-14(13)22-8-2-7-18-22/h2-3,5,7-9,12H,4,6,10H2,1H3,(H2,19,20,24)/t12-/m1/s1. The van der Waals surface area contributed by atoms with Gasteiger partial charge in [-0.05, 0) is 30.7 Å². The van der Waals surface area contributed by atoms with E-state index in [4.69, 9.17) is 0 Å². The summed E-state index contributed by atoms with van der Waals surface area (Å²) in [7, 11) is 1.70. The summed E-state index contributed by atoms with van der Waals surface area (Å²) < 4.78 is 15.1. The smallest absolute Gasteiger partial charge is 0.319 e. The lowest BCUT2D eigenvalue weighted by molar-refractivity contribution is -0.132. The van der Waals surface area contributed by atoms with E-state index >= 15 is 0 Å². The highest BCUT2D eigenvalue weighted by Crippen LogP contribution is 2.21. The van der Waals surface area contributed by atoms with Gasteiger partial charge in [-0.25, -0.2) is 13.9 Å². The predicted octanol–water partition coefficient (Wildman–Crippen LogP) is 1.75. The molecule has 0 aliphatic carbocycles. The first-order valence-corrected chi connectivity index (χ1v) is 7.64. The Balaban J connectivity index is 1.70. The van der Waals surface area contributed by atoms with Crippen LogP contribution in [0.15, 0.2) is 36.7 Å². The summed E-state index contributed by atoms with van der Waals surface area (Å²) in [6, 6.07) is 5.26. The Morgan fingerprint density at radius 3 is 2.96 bits per heavy atom. The third-order valence-corrected chi connectivity index (χ3v) is 3.92. The summed E-state index contributed by atoms with van der Waals surface area (Å²) in [4.78, 5) is 25.3. The van der Waals surface area contributed by atoms with Gasteiger partial charge in [0, 0.05) is 38.4 Å². The first kappa shape index (κ1) is 16.0. The zero-order valence-corrected chi connectivity index (χ0v) is 13.2. The maximum Gasteiger partial charge on any atom is 0.319 e. The van der Waals surface area contributed by atoms with Crippen LogP contribution in [0.5, 0.6) is 0 Å². The summed E-state index contributed by atoms with van der Waals surface area (Å²) in [5.41, 5.74) is 0.879. The van der Waals surface area contributed by atoms with Crippen LogP contribution in [0.3, 0.4) is 0 Å². The molecule has 2 heterocycles. The van der Waals surface area contributed by atoms with Crippen LogP contribution in [0.25, 0.3) is 5.69 Å². The zero-order chi connectivity index (χ0) is 17.1. The molecule has 7 nitrogen and oxygen atoms in total. The monoisotopic (exact) mass is 331 g/mol. The molecule has 1 saturated heterocycles. The molecule has 2 N–H and O–H groups in total. The van der Waals surface area contributed by atoms with E-state index in [9.17, 15) is 14.0 Å². The quantitative estimate of drug-likeness (QED) is 0.899. The number of likely N-dealkylation sites (N-methyl/N-ethyl adjacent to an activating group) is 1. The van der Waals surface area contributed by atoms with E-state index in [-0.39, 0.29) is 11.9 Å². The van der Waals surface area contributed by atoms with Gasteiger partial charge >= 0.3 is 6.03 Å². The number of piperidine rings is 1. The highest BCUT2D eigenvalue weighted by atomic mass is 19.1.